The third kappa shape index (κ3) is 4.48. The number of rotatable bonds is 8. The van der Waals surface area contributed by atoms with Gasteiger partial charge in [0.2, 0.25) is 0 Å². The first kappa shape index (κ1) is 30.8. The molecule has 2 aliphatic rings. The van der Waals surface area contributed by atoms with Crippen molar-refractivity contribution in [3.05, 3.63) is 80.8 Å². The number of aromatic amines is 2. The molecule has 0 fully saturated rings. The van der Waals surface area contributed by atoms with Crippen LogP contribution in [0.1, 0.15) is 132 Å². The standard InChI is InChI=1S/C40H47N5/c1-9-24-25(10-2)33-20-34-28(13-5)29(14-6)38(44-34)30-18-17-23(22-41)37-39(30)45-36(40(37,15-7)16-8)21-35-27(12-4)26(11-3)32(43-35)19-31(24)42-33/h17-21,42-43H,9-16H2,1-8H3. The van der Waals surface area contributed by atoms with Crippen LogP contribution in [0.5, 0.6) is 0 Å². The van der Waals surface area contributed by atoms with Crippen LogP contribution in [-0.4, -0.2) is 19.9 Å². The van der Waals surface area contributed by atoms with Gasteiger partial charge in [-0.25, -0.2) is 4.98 Å². The second-order valence-corrected chi connectivity index (χ2v) is 12.5. The van der Waals surface area contributed by atoms with E-state index < -0.39 is 0 Å². The molecule has 0 aliphatic carbocycles. The average molecular weight is 598 g/mol. The van der Waals surface area contributed by atoms with Crippen LogP contribution in [0.2, 0.25) is 0 Å². The van der Waals surface area contributed by atoms with E-state index in [9.17, 15) is 5.26 Å². The minimum atomic E-state index is -0.350. The zero-order valence-corrected chi connectivity index (χ0v) is 28.4. The highest BCUT2D eigenvalue weighted by Crippen LogP contribution is 2.48. The Hall–Kier alpha value is -4.17. The minimum absolute atomic E-state index is 0.350. The number of benzene rings is 1. The number of H-pyrrole nitrogens is 2. The predicted octanol–water partition coefficient (Wildman–Crippen LogP) is 10.4. The first-order valence-electron chi connectivity index (χ1n) is 17.2. The molecule has 2 N–H and O–H groups in total. The molecule has 0 amide bonds. The van der Waals surface area contributed by atoms with E-state index in [0.29, 0.717) is 0 Å². The van der Waals surface area contributed by atoms with E-state index >= 15 is 0 Å². The fraction of sp³-hybridized carbons (Fsp3) is 0.425. The van der Waals surface area contributed by atoms with Crippen molar-refractivity contribution < 1.29 is 0 Å². The van der Waals surface area contributed by atoms with Crippen molar-refractivity contribution in [1.29, 1.82) is 5.26 Å². The summed E-state index contributed by atoms with van der Waals surface area (Å²) >= 11 is 0. The Bertz CT molecular complexity index is 2060. The zero-order chi connectivity index (χ0) is 32.0. The third-order valence-corrected chi connectivity index (χ3v) is 10.7. The van der Waals surface area contributed by atoms with Gasteiger partial charge in [0.15, 0.2) is 0 Å². The summed E-state index contributed by atoms with van der Waals surface area (Å²) in [6, 6.07) is 13.6. The Labute approximate surface area is 267 Å². The largest absolute Gasteiger partial charge is 0.355 e. The lowest BCUT2D eigenvalue weighted by molar-refractivity contribution is 0.481. The van der Waals surface area contributed by atoms with E-state index in [1.165, 1.54) is 44.4 Å². The van der Waals surface area contributed by atoms with E-state index in [-0.39, 0.29) is 5.41 Å². The second kappa shape index (κ2) is 12.0. The summed E-state index contributed by atoms with van der Waals surface area (Å²) < 4.78 is 0. The van der Waals surface area contributed by atoms with Crippen LogP contribution >= 0.6 is 0 Å². The average Bonchev–Trinajstić information content (AvgIpc) is 3.78. The SMILES string of the molecule is CCC1=C(CC)c2nc1cc1[nH]c(cc3[nH]c(cc4nc5c(c(C#N)ccc25)C4(CC)CC)c(CC)c3CC)c(CC)c1CC. The fourth-order valence-corrected chi connectivity index (χ4v) is 8.41. The number of aryl methyl sites for hydroxylation is 4. The molecule has 0 saturated carbocycles. The molecule has 6 rings (SSSR count). The van der Waals surface area contributed by atoms with E-state index in [2.05, 4.69) is 95.7 Å². The lowest BCUT2D eigenvalue weighted by Gasteiger charge is -2.28. The molecule has 3 aromatic heterocycles. The van der Waals surface area contributed by atoms with E-state index in [4.69, 9.17) is 9.97 Å². The molecule has 0 spiro atoms. The molecular formula is C40H47N5. The molecule has 5 heterocycles. The summed E-state index contributed by atoms with van der Waals surface area (Å²) in [5.74, 6) is 0. The Morgan fingerprint density at radius 2 is 1.18 bits per heavy atom. The Balaban J connectivity index is 1.94. The second-order valence-electron chi connectivity index (χ2n) is 12.5. The van der Waals surface area contributed by atoms with Gasteiger partial charge in [-0.3, -0.25) is 4.98 Å². The Kier molecular flexibility index (Phi) is 8.20. The maximum atomic E-state index is 10.4. The molecule has 0 atom stereocenters. The first-order valence-corrected chi connectivity index (χ1v) is 17.2. The summed E-state index contributed by atoms with van der Waals surface area (Å²) in [7, 11) is 0. The van der Waals surface area contributed by atoms with Crippen LogP contribution in [0.25, 0.3) is 44.1 Å². The quantitative estimate of drug-likeness (QED) is 0.212. The summed E-state index contributed by atoms with van der Waals surface area (Å²) in [6.07, 6.45) is 7.32. The van der Waals surface area contributed by atoms with Gasteiger partial charge >= 0.3 is 0 Å². The molecule has 5 heteroatoms. The van der Waals surface area contributed by atoms with Crippen molar-refractivity contribution in [1.82, 2.24) is 19.9 Å². The van der Waals surface area contributed by atoms with E-state index in [0.717, 1.165) is 102 Å². The lowest BCUT2D eigenvalue weighted by atomic mass is 9.72. The molecule has 0 unspecified atom stereocenters. The number of nitrogens with one attached hydrogen (secondary N) is 2. The van der Waals surface area contributed by atoms with Gasteiger partial charge in [0.1, 0.15) is 0 Å². The van der Waals surface area contributed by atoms with Crippen molar-refractivity contribution in [3.8, 4) is 6.07 Å². The lowest BCUT2D eigenvalue weighted by Crippen LogP contribution is -2.24. The highest BCUT2D eigenvalue weighted by atomic mass is 14.8. The summed E-state index contributed by atoms with van der Waals surface area (Å²) in [5, 5.41) is 11.4. The molecule has 45 heavy (non-hydrogen) atoms. The van der Waals surface area contributed by atoms with Gasteiger partial charge < -0.3 is 9.97 Å². The van der Waals surface area contributed by atoms with Crippen LogP contribution in [0.4, 0.5) is 0 Å². The van der Waals surface area contributed by atoms with Crippen molar-refractivity contribution in [2.45, 2.75) is 112 Å². The number of allylic oxidation sites excluding steroid dienone is 2. The molecule has 0 saturated heterocycles. The topological polar surface area (TPSA) is 81.2 Å². The summed E-state index contributed by atoms with van der Waals surface area (Å²) in [5.41, 5.74) is 18.1. The smallest absolute Gasteiger partial charge is 0.0995 e. The van der Waals surface area contributed by atoms with Crippen LogP contribution in [0, 0.1) is 11.3 Å². The summed E-state index contributed by atoms with van der Waals surface area (Å²) in [4.78, 5) is 18.6. The molecule has 1 aromatic carbocycles. The third-order valence-electron chi connectivity index (χ3n) is 10.7. The molecular weight excluding hydrogens is 550 g/mol. The Morgan fingerprint density at radius 1 is 0.644 bits per heavy atom. The molecule has 2 aliphatic heterocycles. The number of hydrogen-bond acceptors (Lipinski definition) is 3. The molecule has 4 aromatic rings. The van der Waals surface area contributed by atoms with Gasteiger partial charge in [-0.05, 0) is 115 Å². The first-order chi connectivity index (χ1) is 21.9. The van der Waals surface area contributed by atoms with Gasteiger partial charge in [0, 0.05) is 38.4 Å². The number of nitrogens with zero attached hydrogens (tertiary/aromatic N) is 3. The van der Waals surface area contributed by atoms with Gasteiger partial charge in [-0.1, -0.05) is 55.4 Å². The van der Waals surface area contributed by atoms with Crippen LogP contribution in [0.15, 0.2) is 30.3 Å². The summed E-state index contributed by atoms with van der Waals surface area (Å²) in [6.45, 7) is 18.0. The van der Waals surface area contributed by atoms with Crippen LogP contribution < -0.4 is 0 Å². The maximum absolute atomic E-state index is 10.4. The van der Waals surface area contributed by atoms with E-state index in [1.807, 2.05) is 6.07 Å². The molecule has 8 bridgehead atoms. The van der Waals surface area contributed by atoms with Crippen molar-refractivity contribution in [2.75, 3.05) is 0 Å². The maximum Gasteiger partial charge on any atom is 0.0995 e. The Morgan fingerprint density at radius 3 is 1.67 bits per heavy atom. The number of nitriles is 1. The molecule has 232 valence electrons. The molecule has 5 nitrogen and oxygen atoms in total. The van der Waals surface area contributed by atoms with Crippen LogP contribution in [0.3, 0.4) is 0 Å². The highest BCUT2D eigenvalue weighted by molar-refractivity contribution is 6.03. The van der Waals surface area contributed by atoms with Crippen molar-refractivity contribution in [2.24, 2.45) is 0 Å². The fourth-order valence-electron chi connectivity index (χ4n) is 8.41. The van der Waals surface area contributed by atoms with Gasteiger partial charge in [-0.2, -0.15) is 5.26 Å². The minimum Gasteiger partial charge on any atom is -0.355 e. The zero-order valence-electron chi connectivity index (χ0n) is 28.4. The van der Waals surface area contributed by atoms with Gasteiger partial charge in [0.05, 0.1) is 34.2 Å². The van der Waals surface area contributed by atoms with Crippen LogP contribution in [-0.2, 0) is 31.1 Å². The highest BCUT2D eigenvalue weighted by Gasteiger charge is 2.40. The van der Waals surface area contributed by atoms with Crippen molar-refractivity contribution in [3.63, 3.8) is 0 Å². The molecule has 0 radical (unpaired) electrons. The van der Waals surface area contributed by atoms with E-state index in [1.54, 1.807) is 0 Å². The number of fused-ring (bicyclic) bond motifs is 8. The van der Waals surface area contributed by atoms with Gasteiger partial charge in [0.25, 0.3) is 0 Å². The number of hydrogen-bond donors (Lipinski definition) is 2. The normalized spacial score (nSPS) is 14.1. The monoisotopic (exact) mass is 597 g/mol. The van der Waals surface area contributed by atoms with Gasteiger partial charge in [-0.15, -0.1) is 0 Å². The number of aromatic nitrogens is 4. The van der Waals surface area contributed by atoms with Crippen molar-refractivity contribution >= 4 is 44.1 Å². The predicted molar refractivity (Wildman–Crippen MR) is 189 cm³/mol.